The fourth-order valence-electron chi connectivity index (χ4n) is 3.48. The average molecular weight is 429 g/mol. The summed E-state index contributed by atoms with van der Waals surface area (Å²) in [5.41, 5.74) is 3.10. The van der Waals surface area contributed by atoms with Crippen LogP contribution in [0.1, 0.15) is 37.7 Å². The Morgan fingerprint density at radius 1 is 1.06 bits per heavy atom. The van der Waals surface area contributed by atoms with E-state index >= 15 is 0 Å². The molecule has 0 aliphatic heterocycles. The average Bonchev–Trinajstić information content (AvgIpc) is 3.52. The molecule has 9 nitrogen and oxygen atoms in total. The Kier molecular flexibility index (Phi) is 4.93. The minimum absolute atomic E-state index is 0.205. The molecule has 5 aromatic rings. The lowest BCUT2D eigenvalue weighted by molar-refractivity contribution is 0.267. The van der Waals surface area contributed by atoms with Crippen LogP contribution in [0, 0.1) is 0 Å². The summed E-state index contributed by atoms with van der Waals surface area (Å²) in [6.07, 6.45) is 5.23. The Morgan fingerprint density at radius 3 is 2.66 bits per heavy atom. The van der Waals surface area contributed by atoms with Gasteiger partial charge in [0.25, 0.3) is 0 Å². The fourth-order valence-corrected chi connectivity index (χ4v) is 3.48. The molecule has 0 aliphatic rings. The Labute approximate surface area is 184 Å². The van der Waals surface area contributed by atoms with E-state index < -0.39 is 0 Å². The van der Waals surface area contributed by atoms with Crippen molar-refractivity contribution in [2.75, 3.05) is 0 Å². The highest BCUT2D eigenvalue weighted by atomic mass is 16.5. The number of benzene rings is 1. The predicted octanol–water partition coefficient (Wildman–Crippen LogP) is 3.90. The van der Waals surface area contributed by atoms with Gasteiger partial charge in [0, 0.05) is 30.6 Å². The molecular formula is C23H23N7O2. The van der Waals surface area contributed by atoms with Gasteiger partial charge in [-0.25, -0.2) is 4.98 Å². The molecule has 32 heavy (non-hydrogen) atoms. The van der Waals surface area contributed by atoms with E-state index in [1.54, 1.807) is 16.8 Å². The largest absolute Gasteiger partial charge is 0.468 e. The molecule has 4 aromatic heterocycles. The number of imidazole rings is 1. The quantitative estimate of drug-likeness (QED) is 0.404. The lowest BCUT2D eigenvalue weighted by Crippen LogP contribution is -2.17. The van der Waals surface area contributed by atoms with E-state index in [1.165, 1.54) is 11.8 Å². The normalized spacial score (nSPS) is 11.8. The maximum Gasteiger partial charge on any atom is 0.236 e. The van der Waals surface area contributed by atoms with Gasteiger partial charge in [0.15, 0.2) is 11.3 Å². The summed E-state index contributed by atoms with van der Waals surface area (Å²) in [5.74, 6) is 1.81. The molecule has 0 aliphatic carbocycles. The molecule has 9 heteroatoms. The highest BCUT2D eigenvalue weighted by Crippen LogP contribution is 2.31. The minimum atomic E-state index is -0.205. The molecule has 0 radical (unpaired) electrons. The van der Waals surface area contributed by atoms with Gasteiger partial charge in [0.05, 0.1) is 0 Å². The highest BCUT2D eigenvalue weighted by molar-refractivity contribution is 5.55. The number of hydrogen-bond donors (Lipinski definition) is 0. The number of ether oxygens (including phenoxy) is 1. The van der Waals surface area contributed by atoms with Crippen molar-refractivity contribution < 1.29 is 9.26 Å². The van der Waals surface area contributed by atoms with Crippen molar-refractivity contribution >= 4 is 5.65 Å². The van der Waals surface area contributed by atoms with Gasteiger partial charge in [-0.05, 0) is 17.0 Å². The molecule has 0 saturated heterocycles. The van der Waals surface area contributed by atoms with E-state index in [2.05, 4.69) is 57.8 Å². The van der Waals surface area contributed by atoms with E-state index in [0.717, 1.165) is 17.9 Å². The van der Waals surface area contributed by atoms with E-state index in [1.807, 2.05) is 30.5 Å². The first kappa shape index (κ1) is 19.9. The Bertz CT molecular complexity index is 1330. The number of fused-ring (bicyclic) bond motifs is 1. The Hall–Kier alpha value is -4.01. The smallest absolute Gasteiger partial charge is 0.236 e. The second-order valence-corrected chi connectivity index (χ2v) is 8.54. The third-order valence-electron chi connectivity index (χ3n) is 5.17. The van der Waals surface area contributed by atoms with Crippen LogP contribution in [0.4, 0.5) is 0 Å². The standard InChI is InChI=1S/C23H23N7O2/c1-23(2,3)17-13-19-25-26-21(18-9-12-32-28-18)30(19)27-22(17)31-15-20-24-10-11-29(20)14-16-7-5-4-6-8-16/h4-13H,14-15H2,1-3H3. The summed E-state index contributed by atoms with van der Waals surface area (Å²) < 4.78 is 14.9. The zero-order valence-electron chi connectivity index (χ0n) is 18.1. The number of hydrogen-bond acceptors (Lipinski definition) is 7. The van der Waals surface area contributed by atoms with Gasteiger partial charge in [0.1, 0.15) is 18.7 Å². The molecule has 0 spiro atoms. The molecule has 0 fully saturated rings. The molecular weight excluding hydrogens is 406 g/mol. The van der Waals surface area contributed by atoms with Crippen LogP contribution in [-0.2, 0) is 18.6 Å². The second kappa shape index (κ2) is 7.92. The van der Waals surface area contributed by atoms with Gasteiger partial charge in [-0.2, -0.15) is 4.52 Å². The lowest BCUT2D eigenvalue weighted by Gasteiger charge is -2.22. The highest BCUT2D eigenvalue weighted by Gasteiger charge is 2.24. The van der Waals surface area contributed by atoms with Crippen molar-refractivity contribution in [3.05, 3.63) is 78.1 Å². The predicted molar refractivity (Wildman–Crippen MR) is 117 cm³/mol. The third kappa shape index (κ3) is 3.84. The van der Waals surface area contributed by atoms with E-state index in [9.17, 15) is 0 Å². The first-order valence-corrected chi connectivity index (χ1v) is 10.3. The van der Waals surface area contributed by atoms with Gasteiger partial charge in [-0.1, -0.05) is 56.3 Å². The molecule has 0 atom stereocenters. The van der Waals surface area contributed by atoms with Gasteiger partial charge in [-0.3, -0.25) is 0 Å². The van der Waals surface area contributed by atoms with Crippen molar-refractivity contribution in [3.63, 3.8) is 0 Å². The van der Waals surface area contributed by atoms with Crippen LogP contribution in [0.25, 0.3) is 17.2 Å². The number of aromatic nitrogens is 7. The van der Waals surface area contributed by atoms with E-state index in [-0.39, 0.29) is 12.0 Å². The van der Waals surface area contributed by atoms with Crippen molar-refractivity contribution in [2.45, 2.75) is 39.3 Å². The molecule has 1 aromatic carbocycles. The van der Waals surface area contributed by atoms with Gasteiger partial charge >= 0.3 is 0 Å². The monoisotopic (exact) mass is 429 g/mol. The van der Waals surface area contributed by atoms with Crippen LogP contribution in [0.3, 0.4) is 0 Å². The van der Waals surface area contributed by atoms with Crippen molar-refractivity contribution in [2.24, 2.45) is 0 Å². The number of rotatable bonds is 6. The van der Waals surface area contributed by atoms with Gasteiger partial charge < -0.3 is 13.8 Å². The van der Waals surface area contributed by atoms with Crippen molar-refractivity contribution in [3.8, 4) is 17.4 Å². The van der Waals surface area contributed by atoms with Crippen LogP contribution in [0.5, 0.6) is 5.88 Å². The second-order valence-electron chi connectivity index (χ2n) is 8.54. The molecule has 0 amide bonds. The van der Waals surface area contributed by atoms with E-state index in [0.29, 0.717) is 23.0 Å². The first-order chi connectivity index (χ1) is 15.5. The number of nitrogens with zero attached hydrogens (tertiary/aromatic N) is 7. The summed E-state index contributed by atoms with van der Waals surface area (Å²) in [5, 5.41) is 17.2. The third-order valence-corrected chi connectivity index (χ3v) is 5.17. The molecule has 0 bridgehead atoms. The summed E-state index contributed by atoms with van der Waals surface area (Å²) in [6, 6.07) is 13.9. The van der Waals surface area contributed by atoms with E-state index in [4.69, 9.17) is 14.4 Å². The maximum absolute atomic E-state index is 6.22. The molecule has 0 unspecified atom stereocenters. The Morgan fingerprint density at radius 2 is 1.91 bits per heavy atom. The van der Waals surface area contributed by atoms with Crippen LogP contribution in [0.15, 0.2) is 65.6 Å². The SMILES string of the molecule is CC(C)(C)c1cc2nnc(-c3ccon3)n2nc1OCc1nccn1Cc1ccccc1. The van der Waals surface area contributed by atoms with Crippen LogP contribution in [-0.4, -0.2) is 34.5 Å². The summed E-state index contributed by atoms with van der Waals surface area (Å²) in [7, 11) is 0. The van der Waals surface area contributed by atoms with Crippen molar-refractivity contribution in [1.29, 1.82) is 0 Å². The zero-order valence-corrected chi connectivity index (χ0v) is 18.1. The van der Waals surface area contributed by atoms with Crippen LogP contribution >= 0.6 is 0 Å². The molecule has 5 rings (SSSR count). The Balaban J connectivity index is 1.47. The first-order valence-electron chi connectivity index (χ1n) is 10.3. The molecule has 4 heterocycles. The fraction of sp³-hybridized carbons (Fsp3) is 0.261. The molecule has 0 N–H and O–H groups in total. The maximum atomic E-state index is 6.22. The molecule has 162 valence electrons. The zero-order chi connectivity index (χ0) is 22.1. The lowest BCUT2D eigenvalue weighted by atomic mass is 9.88. The topological polar surface area (TPSA) is 96.2 Å². The van der Waals surface area contributed by atoms with Gasteiger partial charge in [0.2, 0.25) is 11.7 Å². The van der Waals surface area contributed by atoms with Gasteiger partial charge in [-0.15, -0.1) is 15.3 Å². The summed E-state index contributed by atoms with van der Waals surface area (Å²) in [6.45, 7) is 7.33. The minimum Gasteiger partial charge on any atom is -0.468 e. The van der Waals surface area contributed by atoms with Crippen LogP contribution < -0.4 is 4.74 Å². The van der Waals surface area contributed by atoms with Crippen molar-refractivity contribution in [1.82, 2.24) is 34.5 Å². The summed E-state index contributed by atoms with van der Waals surface area (Å²) in [4.78, 5) is 4.49. The van der Waals surface area contributed by atoms with Crippen LogP contribution in [0.2, 0.25) is 0 Å². The summed E-state index contributed by atoms with van der Waals surface area (Å²) >= 11 is 0. The molecule has 0 saturated carbocycles.